The molecule has 0 radical (unpaired) electrons. The van der Waals surface area contributed by atoms with Crippen LogP contribution in [-0.4, -0.2) is 12.9 Å². The zero-order chi connectivity index (χ0) is 11.4. The molecule has 0 unspecified atom stereocenters. The van der Waals surface area contributed by atoms with Gasteiger partial charge >= 0.3 is 0 Å². The van der Waals surface area contributed by atoms with Crippen LogP contribution in [0.3, 0.4) is 0 Å². The van der Waals surface area contributed by atoms with Crippen molar-refractivity contribution in [2.75, 3.05) is 0 Å². The van der Waals surface area contributed by atoms with Crippen LogP contribution in [0.15, 0.2) is 36.4 Å². The molecule has 2 aromatic carbocycles. The highest BCUT2D eigenvalue weighted by Crippen LogP contribution is 2.32. The van der Waals surface area contributed by atoms with E-state index < -0.39 is 0 Å². The van der Waals surface area contributed by atoms with Crippen molar-refractivity contribution in [1.82, 2.24) is 0 Å². The Bertz CT molecular complexity index is 485. The second-order valence-electron chi connectivity index (χ2n) is 3.04. The summed E-state index contributed by atoms with van der Waals surface area (Å²) in [6, 6.07) is 10.3. The van der Waals surface area contributed by atoms with Gasteiger partial charge in [-0.3, -0.25) is 9.59 Å². The Hall–Kier alpha value is -2.36. The van der Waals surface area contributed by atoms with Crippen LogP contribution >= 0.6 is 0 Å². The molecule has 0 amide bonds. The first-order chi connectivity index (χ1) is 7.86. The Balaban J connectivity index is 2.66. The number of carbonyl (C=O) groups excluding carboxylic acids is 2. The summed E-state index contributed by atoms with van der Waals surface area (Å²) in [4.78, 5) is 20.6. The number of ether oxygens (including phenoxy) is 2. The molecular formula is C12H8O4. The van der Waals surface area contributed by atoms with Gasteiger partial charge in [0.15, 0.2) is 0 Å². The first-order valence-corrected chi connectivity index (χ1v) is 4.59. The fourth-order valence-electron chi connectivity index (χ4n) is 1.55. The zero-order valence-corrected chi connectivity index (χ0v) is 8.25. The van der Waals surface area contributed by atoms with Crippen molar-refractivity contribution >= 4 is 23.7 Å². The summed E-state index contributed by atoms with van der Waals surface area (Å²) in [6.45, 7) is 0.726. The number of hydrogen-bond acceptors (Lipinski definition) is 4. The molecule has 0 N–H and O–H groups in total. The van der Waals surface area contributed by atoms with Crippen LogP contribution in [0.25, 0.3) is 10.8 Å². The van der Waals surface area contributed by atoms with E-state index >= 15 is 0 Å². The largest absolute Gasteiger partial charge is 0.428 e. The van der Waals surface area contributed by atoms with Crippen molar-refractivity contribution in [3.8, 4) is 11.5 Å². The molecule has 4 heteroatoms. The first kappa shape index (κ1) is 10.2. The summed E-state index contributed by atoms with van der Waals surface area (Å²) in [5, 5.41) is 1.43. The van der Waals surface area contributed by atoms with E-state index in [1.807, 2.05) is 12.1 Å². The average molecular weight is 216 g/mol. The standard InChI is InChI=1S/C12H8O4/c13-7-15-11-5-6-12(16-8-14)10-4-2-1-3-9(10)11/h1-8H. The molecule has 0 aliphatic heterocycles. The van der Waals surface area contributed by atoms with Crippen molar-refractivity contribution in [1.29, 1.82) is 0 Å². The topological polar surface area (TPSA) is 52.6 Å². The maximum atomic E-state index is 10.3. The molecular weight excluding hydrogens is 208 g/mol. The van der Waals surface area contributed by atoms with Gasteiger partial charge in [0.1, 0.15) is 11.5 Å². The van der Waals surface area contributed by atoms with Crippen molar-refractivity contribution in [3.05, 3.63) is 36.4 Å². The van der Waals surface area contributed by atoms with Crippen LogP contribution in [0.4, 0.5) is 0 Å². The molecule has 4 nitrogen and oxygen atoms in total. The molecule has 0 aliphatic carbocycles. The second-order valence-corrected chi connectivity index (χ2v) is 3.04. The zero-order valence-electron chi connectivity index (χ0n) is 8.25. The third-order valence-corrected chi connectivity index (χ3v) is 2.19. The van der Waals surface area contributed by atoms with E-state index in [0.29, 0.717) is 35.2 Å². The third kappa shape index (κ3) is 1.72. The van der Waals surface area contributed by atoms with E-state index in [9.17, 15) is 9.59 Å². The summed E-state index contributed by atoms with van der Waals surface area (Å²) in [5.74, 6) is 0.868. The smallest absolute Gasteiger partial charge is 0.298 e. The van der Waals surface area contributed by atoms with Crippen molar-refractivity contribution in [2.24, 2.45) is 0 Å². The quantitative estimate of drug-likeness (QED) is 0.732. The van der Waals surface area contributed by atoms with Crippen molar-refractivity contribution < 1.29 is 19.1 Å². The Morgan fingerprint density at radius 2 is 1.19 bits per heavy atom. The molecule has 0 saturated carbocycles. The predicted octanol–water partition coefficient (Wildman–Crippen LogP) is 1.91. The van der Waals surface area contributed by atoms with Crippen LogP contribution in [0, 0.1) is 0 Å². The van der Waals surface area contributed by atoms with Gasteiger partial charge in [-0.15, -0.1) is 0 Å². The third-order valence-electron chi connectivity index (χ3n) is 2.19. The van der Waals surface area contributed by atoms with Gasteiger partial charge in [-0.2, -0.15) is 0 Å². The second kappa shape index (κ2) is 4.44. The van der Waals surface area contributed by atoms with Crippen LogP contribution < -0.4 is 9.47 Å². The summed E-state index contributed by atoms with van der Waals surface area (Å²) in [7, 11) is 0. The van der Waals surface area contributed by atoms with Crippen LogP contribution in [0.1, 0.15) is 0 Å². The lowest BCUT2D eigenvalue weighted by molar-refractivity contribution is -0.121. The van der Waals surface area contributed by atoms with Gasteiger partial charge in [0, 0.05) is 10.8 Å². The minimum atomic E-state index is 0.363. The SMILES string of the molecule is O=COc1ccc(OC=O)c2ccccc12. The highest BCUT2D eigenvalue weighted by Gasteiger charge is 2.06. The van der Waals surface area contributed by atoms with Crippen LogP contribution in [-0.2, 0) is 9.59 Å². The number of fused-ring (bicyclic) bond motifs is 1. The number of rotatable bonds is 4. The van der Waals surface area contributed by atoms with Gasteiger partial charge < -0.3 is 9.47 Å². The summed E-state index contributed by atoms with van der Waals surface area (Å²) < 4.78 is 9.66. The Morgan fingerprint density at radius 1 is 0.750 bits per heavy atom. The molecule has 80 valence electrons. The Kier molecular flexibility index (Phi) is 2.82. The van der Waals surface area contributed by atoms with E-state index in [2.05, 4.69) is 0 Å². The van der Waals surface area contributed by atoms with Gasteiger partial charge in [0.2, 0.25) is 0 Å². The van der Waals surface area contributed by atoms with Gasteiger partial charge in [0.05, 0.1) is 0 Å². The normalized spacial score (nSPS) is 9.75. The van der Waals surface area contributed by atoms with E-state index in [0.717, 1.165) is 0 Å². The molecule has 0 saturated heterocycles. The lowest BCUT2D eigenvalue weighted by Gasteiger charge is -2.07. The monoisotopic (exact) mass is 216 g/mol. The molecule has 0 heterocycles. The highest BCUT2D eigenvalue weighted by molar-refractivity contribution is 5.94. The number of carbonyl (C=O) groups is 2. The lowest BCUT2D eigenvalue weighted by atomic mass is 10.1. The maximum absolute atomic E-state index is 10.3. The number of hydrogen-bond donors (Lipinski definition) is 0. The minimum Gasteiger partial charge on any atom is -0.428 e. The number of benzene rings is 2. The molecule has 0 spiro atoms. The molecule has 0 atom stereocenters. The molecule has 0 aromatic heterocycles. The molecule has 0 aliphatic rings. The predicted molar refractivity (Wildman–Crippen MR) is 57.3 cm³/mol. The van der Waals surface area contributed by atoms with Crippen LogP contribution in [0.5, 0.6) is 11.5 Å². The van der Waals surface area contributed by atoms with E-state index in [1.54, 1.807) is 24.3 Å². The van der Waals surface area contributed by atoms with Gasteiger partial charge in [0.25, 0.3) is 12.9 Å². The minimum absolute atomic E-state index is 0.363. The molecule has 2 rings (SSSR count). The van der Waals surface area contributed by atoms with E-state index in [1.165, 1.54) is 0 Å². The fraction of sp³-hybridized carbons (Fsp3) is 0. The van der Waals surface area contributed by atoms with Gasteiger partial charge in [-0.25, -0.2) is 0 Å². The fourth-order valence-corrected chi connectivity index (χ4v) is 1.55. The van der Waals surface area contributed by atoms with E-state index in [-0.39, 0.29) is 0 Å². The lowest BCUT2D eigenvalue weighted by Crippen LogP contribution is -1.93. The van der Waals surface area contributed by atoms with Crippen molar-refractivity contribution in [2.45, 2.75) is 0 Å². The Labute approximate surface area is 91.4 Å². The Morgan fingerprint density at radius 3 is 1.56 bits per heavy atom. The highest BCUT2D eigenvalue weighted by atomic mass is 16.5. The molecule has 2 aromatic rings. The summed E-state index contributed by atoms with van der Waals surface area (Å²) in [6.07, 6.45) is 0. The molecule has 0 bridgehead atoms. The molecule has 16 heavy (non-hydrogen) atoms. The summed E-state index contributed by atoms with van der Waals surface area (Å²) >= 11 is 0. The van der Waals surface area contributed by atoms with Gasteiger partial charge in [-0.1, -0.05) is 24.3 Å². The maximum Gasteiger partial charge on any atom is 0.298 e. The van der Waals surface area contributed by atoms with Crippen LogP contribution in [0.2, 0.25) is 0 Å². The first-order valence-electron chi connectivity index (χ1n) is 4.59. The summed E-state index contributed by atoms with van der Waals surface area (Å²) in [5.41, 5.74) is 0. The van der Waals surface area contributed by atoms with Gasteiger partial charge in [-0.05, 0) is 12.1 Å². The van der Waals surface area contributed by atoms with Crippen molar-refractivity contribution in [3.63, 3.8) is 0 Å². The average Bonchev–Trinajstić information content (AvgIpc) is 2.33. The van der Waals surface area contributed by atoms with E-state index in [4.69, 9.17) is 9.47 Å². The molecule has 0 fully saturated rings.